The van der Waals surface area contributed by atoms with Gasteiger partial charge in [-0.1, -0.05) is 0 Å². The molecule has 1 aromatic heterocycles. The summed E-state index contributed by atoms with van der Waals surface area (Å²) in [5.74, 6) is -3.23. The Bertz CT molecular complexity index is 950. The molecule has 3 atom stereocenters. The second-order valence-electron chi connectivity index (χ2n) is 10.0. The van der Waals surface area contributed by atoms with Crippen LogP contribution in [0.5, 0.6) is 0 Å². The Kier molecular flexibility index (Phi) is 12.2. The van der Waals surface area contributed by atoms with Crippen molar-refractivity contribution in [1.29, 1.82) is 0 Å². The summed E-state index contributed by atoms with van der Waals surface area (Å²) in [4.78, 5) is 39.1. The number of likely N-dealkylation sites (tertiary alicyclic amines) is 2. The molecule has 1 saturated carbocycles. The fourth-order valence-corrected chi connectivity index (χ4v) is 4.66. The van der Waals surface area contributed by atoms with Crippen LogP contribution in [-0.4, -0.2) is 95.1 Å². The molecule has 9 nitrogen and oxygen atoms in total. The Morgan fingerprint density at radius 2 is 1.48 bits per heavy atom. The number of fused-ring (bicyclic) bond motifs is 1. The number of hydrogen-bond acceptors (Lipinski definition) is 6. The second kappa shape index (κ2) is 14.6. The molecule has 40 heavy (non-hydrogen) atoms. The zero-order valence-corrected chi connectivity index (χ0v) is 21.8. The Balaban J connectivity index is 0.000000333. The number of carbonyl (C=O) groups excluding carboxylic acids is 1. The van der Waals surface area contributed by atoms with Crippen LogP contribution < -0.4 is 0 Å². The number of aromatic nitrogens is 1. The summed E-state index contributed by atoms with van der Waals surface area (Å²) in [7, 11) is 1.96. The number of alkyl halides is 6. The summed E-state index contributed by atoms with van der Waals surface area (Å²) >= 11 is 0. The van der Waals surface area contributed by atoms with Crippen molar-refractivity contribution in [3.63, 3.8) is 0 Å². The number of nitrogens with zero attached hydrogens (tertiary/aromatic N) is 3. The first kappa shape index (κ1) is 33.3. The van der Waals surface area contributed by atoms with Crippen LogP contribution in [0.3, 0.4) is 0 Å². The van der Waals surface area contributed by atoms with Gasteiger partial charge >= 0.3 is 24.3 Å². The Hall–Kier alpha value is -2.94. The molecule has 2 saturated heterocycles. The topological polar surface area (TPSA) is 120 Å². The average Bonchev–Trinajstić information content (AvgIpc) is 3.70. The lowest BCUT2D eigenvalue weighted by Crippen LogP contribution is -2.50. The van der Waals surface area contributed by atoms with Crippen LogP contribution in [0.1, 0.15) is 31.2 Å². The van der Waals surface area contributed by atoms with Gasteiger partial charge in [-0.2, -0.15) is 26.3 Å². The third-order valence-electron chi connectivity index (χ3n) is 6.88. The lowest BCUT2D eigenvalue weighted by atomic mass is 9.75. The van der Waals surface area contributed by atoms with Gasteiger partial charge in [0.2, 0.25) is 5.91 Å². The summed E-state index contributed by atoms with van der Waals surface area (Å²) < 4.78 is 69.5. The molecule has 15 heteroatoms. The van der Waals surface area contributed by atoms with Crippen LogP contribution in [-0.2, 0) is 25.7 Å². The Morgan fingerprint density at radius 3 is 1.98 bits per heavy atom. The number of ether oxygens (including phenoxy) is 1. The van der Waals surface area contributed by atoms with E-state index >= 15 is 0 Å². The SMILES string of the molecule is CN1C[C@H](COCC2CC2)[C@H]2CCN(Cc3ccncc3)CC[C@H]2C1=O.O=C(O)C(F)(F)F.O=C(O)C(F)(F)F. The van der Waals surface area contributed by atoms with Gasteiger partial charge in [0.05, 0.1) is 6.61 Å². The molecule has 3 fully saturated rings. The van der Waals surface area contributed by atoms with Crippen molar-refractivity contribution in [2.45, 2.75) is 44.6 Å². The second-order valence-corrected chi connectivity index (χ2v) is 10.0. The van der Waals surface area contributed by atoms with E-state index in [9.17, 15) is 31.1 Å². The summed E-state index contributed by atoms with van der Waals surface area (Å²) in [6.07, 6.45) is -1.71. The molecule has 0 bridgehead atoms. The first-order valence-corrected chi connectivity index (χ1v) is 12.6. The highest BCUT2D eigenvalue weighted by molar-refractivity contribution is 5.80. The van der Waals surface area contributed by atoms with E-state index in [2.05, 4.69) is 22.0 Å². The number of piperidine rings is 1. The number of aliphatic carboxylic acids is 2. The van der Waals surface area contributed by atoms with Gasteiger partial charge in [-0.15, -0.1) is 0 Å². The van der Waals surface area contributed by atoms with Crippen molar-refractivity contribution in [1.82, 2.24) is 14.8 Å². The maximum atomic E-state index is 12.8. The van der Waals surface area contributed by atoms with Gasteiger partial charge in [0, 0.05) is 51.0 Å². The molecule has 0 unspecified atom stereocenters. The molecule has 0 spiro atoms. The highest BCUT2D eigenvalue weighted by Crippen LogP contribution is 2.37. The number of halogens is 6. The molecular weight excluding hydrogens is 552 g/mol. The van der Waals surface area contributed by atoms with Crippen molar-refractivity contribution in [2.24, 2.45) is 23.7 Å². The molecule has 3 aliphatic rings. The van der Waals surface area contributed by atoms with Gasteiger partial charge in [-0.05, 0) is 68.3 Å². The number of rotatable bonds is 6. The zero-order chi connectivity index (χ0) is 30.1. The zero-order valence-electron chi connectivity index (χ0n) is 21.8. The monoisotopic (exact) mass is 585 g/mol. The molecule has 4 rings (SSSR count). The molecule has 0 radical (unpaired) electrons. The van der Waals surface area contributed by atoms with Crippen molar-refractivity contribution in [2.75, 3.05) is 39.9 Å². The predicted molar refractivity (Wildman–Crippen MR) is 128 cm³/mol. The highest BCUT2D eigenvalue weighted by atomic mass is 19.4. The van der Waals surface area contributed by atoms with E-state index < -0.39 is 24.3 Å². The van der Waals surface area contributed by atoms with Crippen LogP contribution in [0.15, 0.2) is 24.5 Å². The minimum atomic E-state index is -5.08. The fourth-order valence-electron chi connectivity index (χ4n) is 4.66. The van der Waals surface area contributed by atoms with Crippen molar-refractivity contribution < 1.29 is 55.7 Å². The molecule has 226 valence electrons. The van der Waals surface area contributed by atoms with Crippen LogP contribution in [0.2, 0.25) is 0 Å². The number of carboxylic acid groups (broad SMARTS) is 2. The van der Waals surface area contributed by atoms with E-state index in [4.69, 9.17) is 24.5 Å². The predicted octanol–water partition coefficient (Wildman–Crippen LogP) is 3.69. The van der Waals surface area contributed by atoms with E-state index in [0.29, 0.717) is 17.7 Å². The molecule has 1 aromatic rings. The largest absolute Gasteiger partial charge is 0.490 e. The van der Waals surface area contributed by atoms with E-state index in [1.807, 2.05) is 24.3 Å². The first-order valence-electron chi connectivity index (χ1n) is 12.6. The minimum Gasteiger partial charge on any atom is -0.475 e. The van der Waals surface area contributed by atoms with Crippen molar-refractivity contribution in [3.05, 3.63) is 30.1 Å². The number of amides is 1. The molecule has 1 amide bonds. The molecule has 2 N–H and O–H groups in total. The number of carbonyl (C=O) groups is 3. The number of carboxylic acids is 2. The standard InChI is InChI=1S/C21H31N3O2.2C2HF3O2/c1-23-13-18(15-26-14-17-2-3-17)19-6-10-24(11-7-20(19)21(23)25)12-16-4-8-22-9-5-16;2*3-2(4,5)1(6)7/h4-5,8-9,17-20H,2-3,6-7,10-15H2,1H3;2*(H,6,7)/t18-,19-,20-;;/m1../s1. The molecular formula is C25H33F6N3O6. The minimum absolute atomic E-state index is 0.172. The van der Waals surface area contributed by atoms with Crippen molar-refractivity contribution >= 4 is 17.8 Å². The fraction of sp³-hybridized carbons (Fsp3) is 0.680. The van der Waals surface area contributed by atoms with Crippen LogP contribution >= 0.6 is 0 Å². The maximum Gasteiger partial charge on any atom is 0.490 e. The van der Waals surface area contributed by atoms with Gasteiger partial charge in [-0.25, -0.2) is 9.59 Å². The lowest BCUT2D eigenvalue weighted by molar-refractivity contribution is -0.193. The van der Waals surface area contributed by atoms with Crippen LogP contribution in [0, 0.1) is 23.7 Å². The van der Waals surface area contributed by atoms with Gasteiger partial charge in [-0.3, -0.25) is 14.7 Å². The third kappa shape index (κ3) is 11.3. The van der Waals surface area contributed by atoms with E-state index in [0.717, 1.165) is 58.2 Å². The Morgan fingerprint density at radius 1 is 0.950 bits per heavy atom. The van der Waals surface area contributed by atoms with Crippen LogP contribution in [0.25, 0.3) is 0 Å². The maximum absolute atomic E-state index is 12.8. The summed E-state index contributed by atoms with van der Waals surface area (Å²) in [5.41, 5.74) is 1.30. The van der Waals surface area contributed by atoms with Crippen molar-refractivity contribution in [3.8, 4) is 0 Å². The number of pyridine rings is 1. The quantitative estimate of drug-likeness (QED) is 0.486. The van der Waals surface area contributed by atoms with Gasteiger partial charge in [0.25, 0.3) is 0 Å². The van der Waals surface area contributed by atoms with E-state index in [1.54, 1.807) is 0 Å². The first-order chi connectivity index (χ1) is 18.6. The molecule has 1 aliphatic carbocycles. The smallest absolute Gasteiger partial charge is 0.475 e. The van der Waals surface area contributed by atoms with E-state index in [-0.39, 0.29) is 5.92 Å². The average molecular weight is 586 g/mol. The molecule has 3 heterocycles. The third-order valence-corrected chi connectivity index (χ3v) is 6.88. The van der Waals surface area contributed by atoms with Gasteiger partial charge in [0.15, 0.2) is 0 Å². The lowest BCUT2D eigenvalue weighted by Gasteiger charge is -2.41. The van der Waals surface area contributed by atoms with Crippen LogP contribution in [0.4, 0.5) is 26.3 Å². The number of hydrogen-bond donors (Lipinski definition) is 2. The normalized spacial score (nSPS) is 23.5. The van der Waals surface area contributed by atoms with Gasteiger partial charge < -0.3 is 19.8 Å². The molecule has 2 aliphatic heterocycles. The highest BCUT2D eigenvalue weighted by Gasteiger charge is 2.43. The summed E-state index contributed by atoms with van der Waals surface area (Å²) in [6, 6.07) is 4.18. The molecule has 0 aromatic carbocycles. The van der Waals surface area contributed by atoms with E-state index in [1.165, 1.54) is 18.4 Å². The Labute approximate surface area is 227 Å². The van der Waals surface area contributed by atoms with Gasteiger partial charge in [0.1, 0.15) is 0 Å². The summed E-state index contributed by atoms with van der Waals surface area (Å²) in [6.45, 7) is 5.61. The summed E-state index contributed by atoms with van der Waals surface area (Å²) in [5, 5.41) is 14.2.